The quantitative estimate of drug-likeness (QED) is 0.297. The lowest BCUT2D eigenvalue weighted by molar-refractivity contribution is 0.294. The number of alkyl halides is 1. The van der Waals surface area contributed by atoms with Crippen LogP contribution in [0.4, 0.5) is 0 Å². The van der Waals surface area contributed by atoms with Gasteiger partial charge in [-0.2, -0.15) is 0 Å². The van der Waals surface area contributed by atoms with Crippen LogP contribution in [0.15, 0.2) is 12.2 Å². The van der Waals surface area contributed by atoms with Crippen molar-refractivity contribution < 1.29 is 4.43 Å². The first-order valence-corrected chi connectivity index (χ1v) is 9.69. The van der Waals surface area contributed by atoms with E-state index in [2.05, 4.69) is 61.9 Å². The summed E-state index contributed by atoms with van der Waals surface area (Å²) in [6, 6.07) is 0. The molecule has 0 N–H and O–H groups in total. The minimum Gasteiger partial charge on any atom is -0.417 e. The van der Waals surface area contributed by atoms with Crippen LogP contribution in [-0.2, 0) is 4.43 Å². The van der Waals surface area contributed by atoms with Crippen molar-refractivity contribution in [1.29, 1.82) is 0 Å². The van der Waals surface area contributed by atoms with E-state index in [9.17, 15) is 0 Å². The molecule has 15 heavy (non-hydrogen) atoms. The van der Waals surface area contributed by atoms with E-state index >= 15 is 0 Å². The first kappa shape index (κ1) is 15.4. The van der Waals surface area contributed by atoms with Gasteiger partial charge in [0.05, 0.1) is 0 Å². The van der Waals surface area contributed by atoms with Gasteiger partial charge in [-0.15, -0.1) is 0 Å². The number of hydrogen-bond donors (Lipinski definition) is 0. The van der Waals surface area contributed by atoms with Gasteiger partial charge in [0.15, 0.2) is 8.32 Å². The minimum atomic E-state index is -1.52. The highest BCUT2D eigenvalue weighted by Gasteiger charge is 2.36. The molecule has 0 rings (SSSR count). The Kier molecular flexibility index (Phi) is 7.05. The van der Waals surface area contributed by atoms with E-state index in [4.69, 9.17) is 4.43 Å². The molecule has 0 aromatic rings. The van der Waals surface area contributed by atoms with Crippen LogP contribution in [0.25, 0.3) is 0 Å². The summed E-state index contributed by atoms with van der Waals surface area (Å²) < 4.78 is 6.05. The zero-order valence-electron chi connectivity index (χ0n) is 10.8. The van der Waals surface area contributed by atoms with Gasteiger partial charge >= 0.3 is 0 Å². The third-order valence-corrected chi connectivity index (χ3v) is 7.99. The predicted octanol–water partition coefficient (Wildman–Crippen LogP) is 4.74. The Hall–Kier alpha value is 0.397. The standard InChI is InChI=1S/C12H25BrOSi/c1-12(2,3)15(4,5)14-11-9-7-6-8-10-13/h6-7H,8-11H2,1-5H3/b7-6+. The van der Waals surface area contributed by atoms with E-state index in [-0.39, 0.29) is 0 Å². The summed E-state index contributed by atoms with van der Waals surface area (Å²) >= 11 is 3.40. The lowest BCUT2D eigenvalue weighted by atomic mass is 10.2. The van der Waals surface area contributed by atoms with Gasteiger partial charge in [0.2, 0.25) is 0 Å². The van der Waals surface area contributed by atoms with Gasteiger partial charge in [0.25, 0.3) is 0 Å². The fraction of sp³-hybridized carbons (Fsp3) is 0.833. The second kappa shape index (κ2) is 6.87. The van der Waals surface area contributed by atoms with E-state index in [1.54, 1.807) is 0 Å². The van der Waals surface area contributed by atoms with Crippen molar-refractivity contribution in [1.82, 2.24) is 0 Å². The van der Waals surface area contributed by atoms with E-state index in [1.165, 1.54) is 0 Å². The number of hydrogen-bond acceptors (Lipinski definition) is 1. The maximum atomic E-state index is 6.05. The molecule has 0 aliphatic rings. The van der Waals surface area contributed by atoms with Crippen LogP contribution in [-0.4, -0.2) is 20.3 Å². The Morgan fingerprint density at radius 1 is 1.13 bits per heavy atom. The Balaban J connectivity index is 3.76. The lowest BCUT2D eigenvalue weighted by Gasteiger charge is -2.36. The third-order valence-electron chi connectivity index (χ3n) is 3.00. The summed E-state index contributed by atoms with van der Waals surface area (Å²) in [4.78, 5) is 0. The van der Waals surface area contributed by atoms with Crippen LogP contribution in [0, 0.1) is 0 Å². The number of allylic oxidation sites excluding steroid dienone is 1. The Bertz CT molecular complexity index is 194. The summed E-state index contributed by atoms with van der Waals surface area (Å²) in [7, 11) is -1.52. The highest BCUT2D eigenvalue weighted by atomic mass is 79.9. The number of halogens is 1. The largest absolute Gasteiger partial charge is 0.417 e. The van der Waals surface area contributed by atoms with Gasteiger partial charge in [-0.05, 0) is 31.0 Å². The maximum Gasteiger partial charge on any atom is 0.191 e. The molecule has 0 amide bonds. The molecule has 0 aromatic heterocycles. The molecule has 0 aliphatic heterocycles. The molecule has 0 fully saturated rings. The zero-order valence-corrected chi connectivity index (χ0v) is 13.4. The maximum absolute atomic E-state index is 6.05. The molecule has 0 heterocycles. The highest BCUT2D eigenvalue weighted by Crippen LogP contribution is 2.36. The lowest BCUT2D eigenvalue weighted by Crippen LogP contribution is -2.40. The molecular formula is C12H25BrOSi. The van der Waals surface area contributed by atoms with E-state index in [1.807, 2.05) is 0 Å². The fourth-order valence-electron chi connectivity index (χ4n) is 0.897. The normalized spacial score (nSPS) is 13.7. The van der Waals surface area contributed by atoms with Crippen LogP contribution in [0.2, 0.25) is 18.1 Å². The van der Waals surface area contributed by atoms with Gasteiger partial charge in [-0.1, -0.05) is 48.9 Å². The SMILES string of the molecule is CC(C)(C)[Si](C)(C)OCC/C=C/CCBr. The van der Waals surface area contributed by atoms with Crippen molar-refractivity contribution in [2.45, 2.75) is 51.7 Å². The summed E-state index contributed by atoms with van der Waals surface area (Å²) in [6.45, 7) is 12.3. The smallest absolute Gasteiger partial charge is 0.191 e. The highest BCUT2D eigenvalue weighted by molar-refractivity contribution is 9.09. The molecule has 0 saturated carbocycles. The monoisotopic (exact) mass is 292 g/mol. The molecule has 3 heteroatoms. The molecule has 0 saturated heterocycles. The summed E-state index contributed by atoms with van der Waals surface area (Å²) in [5, 5.41) is 1.37. The molecule has 0 bridgehead atoms. The topological polar surface area (TPSA) is 9.23 Å². The van der Waals surface area contributed by atoms with Crippen molar-refractivity contribution in [3.63, 3.8) is 0 Å². The van der Waals surface area contributed by atoms with Gasteiger partial charge < -0.3 is 4.43 Å². The molecule has 90 valence electrons. The molecule has 1 nitrogen and oxygen atoms in total. The first-order chi connectivity index (χ1) is 6.81. The summed E-state index contributed by atoms with van der Waals surface area (Å²) in [5.74, 6) is 0. The fourth-order valence-corrected chi connectivity index (χ4v) is 2.22. The predicted molar refractivity (Wildman–Crippen MR) is 75.3 cm³/mol. The van der Waals surface area contributed by atoms with Crippen LogP contribution in [0.5, 0.6) is 0 Å². The Labute approximate surface area is 105 Å². The molecule has 0 spiro atoms. The Morgan fingerprint density at radius 2 is 1.67 bits per heavy atom. The summed E-state index contributed by atoms with van der Waals surface area (Å²) in [5.41, 5.74) is 0. The van der Waals surface area contributed by atoms with E-state index < -0.39 is 8.32 Å². The van der Waals surface area contributed by atoms with Crippen LogP contribution < -0.4 is 0 Å². The molecule has 0 aromatic carbocycles. The molecule has 0 aliphatic carbocycles. The summed E-state index contributed by atoms with van der Waals surface area (Å²) in [6.07, 6.45) is 6.58. The number of rotatable bonds is 6. The molecule has 0 radical (unpaired) electrons. The van der Waals surface area contributed by atoms with Crippen molar-refractivity contribution in [3.05, 3.63) is 12.2 Å². The minimum absolute atomic E-state index is 0.326. The van der Waals surface area contributed by atoms with Crippen molar-refractivity contribution in [3.8, 4) is 0 Å². The van der Waals surface area contributed by atoms with Gasteiger partial charge in [0.1, 0.15) is 0 Å². The second-order valence-corrected chi connectivity index (χ2v) is 10.9. The van der Waals surface area contributed by atoms with E-state index in [0.29, 0.717) is 5.04 Å². The van der Waals surface area contributed by atoms with Gasteiger partial charge in [0, 0.05) is 11.9 Å². The molecular weight excluding hydrogens is 268 g/mol. The van der Waals surface area contributed by atoms with Crippen molar-refractivity contribution in [2.75, 3.05) is 11.9 Å². The van der Waals surface area contributed by atoms with Gasteiger partial charge in [-0.3, -0.25) is 0 Å². The average Bonchev–Trinajstić information content (AvgIpc) is 2.09. The van der Waals surface area contributed by atoms with Crippen LogP contribution in [0.3, 0.4) is 0 Å². The van der Waals surface area contributed by atoms with Crippen molar-refractivity contribution >= 4 is 24.2 Å². The zero-order chi connectivity index (χ0) is 11.9. The molecule has 0 unspecified atom stereocenters. The van der Waals surface area contributed by atoms with Crippen molar-refractivity contribution in [2.24, 2.45) is 0 Å². The first-order valence-electron chi connectivity index (χ1n) is 5.66. The molecule has 0 atom stereocenters. The second-order valence-electron chi connectivity index (χ2n) is 5.35. The van der Waals surface area contributed by atoms with E-state index in [0.717, 1.165) is 24.8 Å². The van der Waals surface area contributed by atoms with Gasteiger partial charge in [-0.25, -0.2) is 0 Å². The van der Waals surface area contributed by atoms with Crippen LogP contribution >= 0.6 is 15.9 Å². The Morgan fingerprint density at radius 3 is 2.13 bits per heavy atom. The third kappa shape index (κ3) is 6.54. The average molecular weight is 293 g/mol. The van der Waals surface area contributed by atoms with Crippen LogP contribution in [0.1, 0.15) is 33.6 Å².